The summed E-state index contributed by atoms with van der Waals surface area (Å²) >= 11 is 0. The molecule has 0 aromatic rings. The van der Waals surface area contributed by atoms with Crippen LogP contribution in [0, 0.1) is 11.3 Å². The summed E-state index contributed by atoms with van der Waals surface area (Å²) < 4.78 is 5.45. The number of hydrogen-bond acceptors (Lipinski definition) is 2. The van der Waals surface area contributed by atoms with E-state index in [1.807, 2.05) is 20.8 Å². The van der Waals surface area contributed by atoms with E-state index in [9.17, 15) is 4.79 Å². The number of allylic oxidation sites excluding steroid dienone is 10. The van der Waals surface area contributed by atoms with Gasteiger partial charge in [-0.15, -0.1) is 0 Å². The molecule has 0 bridgehead atoms. The summed E-state index contributed by atoms with van der Waals surface area (Å²) in [4.78, 5) is 11.9. The minimum Gasteiger partial charge on any atom is -0.465 e. The second kappa shape index (κ2) is 18.2. The van der Waals surface area contributed by atoms with Crippen molar-refractivity contribution in [3.63, 3.8) is 0 Å². The van der Waals surface area contributed by atoms with Crippen LogP contribution in [0.4, 0.5) is 0 Å². The number of esters is 1. The Morgan fingerprint density at radius 2 is 1.21 bits per heavy atom. The Morgan fingerprint density at radius 3 is 1.62 bits per heavy atom. The average molecular weight is 401 g/mol. The van der Waals surface area contributed by atoms with Gasteiger partial charge in [0.25, 0.3) is 0 Å². The maximum absolute atomic E-state index is 11.9. The normalized spacial score (nSPS) is 14.2. The number of hydrogen-bond donors (Lipinski definition) is 0. The molecule has 0 aromatic carbocycles. The lowest BCUT2D eigenvalue weighted by molar-refractivity contribution is -0.154. The third kappa shape index (κ3) is 18.0. The molecule has 0 radical (unpaired) electrons. The van der Waals surface area contributed by atoms with Crippen LogP contribution in [0.15, 0.2) is 60.8 Å². The summed E-state index contributed by atoms with van der Waals surface area (Å²) in [5.41, 5.74) is -0.414. The second-order valence-corrected chi connectivity index (χ2v) is 8.41. The molecule has 0 heterocycles. The lowest BCUT2D eigenvalue weighted by Crippen LogP contribution is -2.25. The molecule has 0 saturated carbocycles. The molecule has 0 aliphatic rings. The van der Waals surface area contributed by atoms with Crippen LogP contribution in [0.2, 0.25) is 0 Å². The first-order valence-corrected chi connectivity index (χ1v) is 11.3. The highest BCUT2D eigenvalue weighted by atomic mass is 16.5. The highest BCUT2D eigenvalue weighted by molar-refractivity contribution is 5.75. The van der Waals surface area contributed by atoms with Crippen molar-refractivity contribution in [1.29, 1.82) is 0 Å². The molecule has 0 aromatic heterocycles. The fourth-order valence-corrected chi connectivity index (χ4v) is 2.52. The number of ether oxygens (including phenoxy) is 1. The summed E-state index contributed by atoms with van der Waals surface area (Å²) in [5.74, 6) is 0.342. The summed E-state index contributed by atoms with van der Waals surface area (Å²) in [5, 5.41) is 0. The quantitative estimate of drug-likeness (QED) is 0.205. The van der Waals surface area contributed by atoms with E-state index in [1.54, 1.807) is 0 Å². The van der Waals surface area contributed by atoms with Gasteiger partial charge in [-0.3, -0.25) is 4.79 Å². The zero-order chi connectivity index (χ0) is 21.8. The van der Waals surface area contributed by atoms with Crippen molar-refractivity contribution in [2.24, 2.45) is 11.3 Å². The number of carbonyl (C=O) groups excluding carboxylic acids is 1. The van der Waals surface area contributed by atoms with Gasteiger partial charge in [-0.2, -0.15) is 0 Å². The Labute approximate surface area is 180 Å². The average Bonchev–Trinajstić information content (AvgIpc) is 2.68. The Morgan fingerprint density at radius 1 is 0.759 bits per heavy atom. The molecule has 0 rings (SSSR count). The first kappa shape index (κ1) is 27.2. The molecule has 2 nitrogen and oxygen atoms in total. The Bertz CT molecular complexity index is 541. The van der Waals surface area contributed by atoms with Crippen molar-refractivity contribution in [1.82, 2.24) is 0 Å². The lowest BCUT2D eigenvalue weighted by Gasteiger charge is -2.20. The molecule has 0 saturated heterocycles. The van der Waals surface area contributed by atoms with Crippen LogP contribution >= 0.6 is 0 Å². The van der Waals surface area contributed by atoms with Crippen molar-refractivity contribution in [3.8, 4) is 0 Å². The highest BCUT2D eigenvalue weighted by Crippen LogP contribution is 2.18. The van der Waals surface area contributed by atoms with E-state index >= 15 is 0 Å². The number of carbonyl (C=O) groups is 1. The molecule has 1 unspecified atom stereocenters. The smallest absolute Gasteiger partial charge is 0.311 e. The minimum absolute atomic E-state index is 0.106. The molecular formula is C27H44O2. The fraction of sp³-hybridized carbons (Fsp3) is 0.593. The van der Waals surface area contributed by atoms with Gasteiger partial charge in [0.2, 0.25) is 0 Å². The fourth-order valence-electron chi connectivity index (χ4n) is 2.52. The monoisotopic (exact) mass is 400 g/mol. The van der Waals surface area contributed by atoms with Gasteiger partial charge in [0, 0.05) is 0 Å². The van der Waals surface area contributed by atoms with E-state index in [4.69, 9.17) is 4.74 Å². The van der Waals surface area contributed by atoms with Crippen molar-refractivity contribution in [2.75, 3.05) is 6.61 Å². The SMILES string of the molecule is CC/C=C\C/C=C\C/C=C\C/C=C\C/C=C\CCC(CC)COC(=O)C(C)(C)C. The predicted octanol–water partition coefficient (Wildman–Crippen LogP) is 8.13. The molecule has 1 atom stereocenters. The molecule has 29 heavy (non-hydrogen) atoms. The Balaban J connectivity index is 3.79. The summed E-state index contributed by atoms with van der Waals surface area (Å²) in [6.45, 7) is 10.5. The first-order valence-electron chi connectivity index (χ1n) is 11.3. The van der Waals surface area contributed by atoms with E-state index in [-0.39, 0.29) is 5.97 Å². The van der Waals surface area contributed by atoms with Crippen LogP contribution < -0.4 is 0 Å². The molecule has 0 amide bonds. The van der Waals surface area contributed by atoms with Gasteiger partial charge in [0.15, 0.2) is 0 Å². The van der Waals surface area contributed by atoms with Crippen molar-refractivity contribution in [2.45, 2.75) is 86.0 Å². The maximum atomic E-state index is 11.9. The van der Waals surface area contributed by atoms with Crippen LogP contribution in [-0.2, 0) is 9.53 Å². The second-order valence-electron chi connectivity index (χ2n) is 8.41. The van der Waals surface area contributed by atoms with Gasteiger partial charge in [-0.25, -0.2) is 0 Å². The van der Waals surface area contributed by atoms with Crippen molar-refractivity contribution in [3.05, 3.63) is 60.8 Å². The van der Waals surface area contributed by atoms with E-state index in [0.717, 1.165) is 51.4 Å². The van der Waals surface area contributed by atoms with Gasteiger partial charge in [-0.05, 0) is 71.6 Å². The maximum Gasteiger partial charge on any atom is 0.311 e. The standard InChI is InChI=1S/C27H44O2/c1-6-8-9-10-11-12-13-14-15-16-17-18-19-20-21-22-23-25(7-2)24-29-26(28)27(3,4)5/h8-9,11-12,14-15,17-18,20-21,25H,6-7,10,13,16,19,22-24H2,1-5H3/b9-8-,12-11-,15-14-,18-17-,21-20-. The topological polar surface area (TPSA) is 26.3 Å². The highest BCUT2D eigenvalue weighted by Gasteiger charge is 2.23. The van der Waals surface area contributed by atoms with Crippen LogP contribution in [-0.4, -0.2) is 12.6 Å². The Kier molecular flexibility index (Phi) is 17.1. The summed E-state index contributed by atoms with van der Waals surface area (Å²) in [6.07, 6.45) is 30.5. The molecule has 0 aliphatic carbocycles. The third-order valence-electron chi connectivity index (χ3n) is 4.54. The zero-order valence-electron chi connectivity index (χ0n) is 19.5. The van der Waals surface area contributed by atoms with Crippen LogP contribution in [0.1, 0.15) is 86.0 Å². The summed E-state index contributed by atoms with van der Waals surface area (Å²) in [6, 6.07) is 0. The third-order valence-corrected chi connectivity index (χ3v) is 4.54. The van der Waals surface area contributed by atoms with Gasteiger partial charge < -0.3 is 4.74 Å². The minimum atomic E-state index is -0.414. The molecule has 0 fully saturated rings. The largest absolute Gasteiger partial charge is 0.465 e. The molecular weight excluding hydrogens is 356 g/mol. The van der Waals surface area contributed by atoms with Crippen LogP contribution in [0.25, 0.3) is 0 Å². The van der Waals surface area contributed by atoms with Crippen LogP contribution in [0.3, 0.4) is 0 Å². The molecule has 0 aliphatic heterocycles. The van der Waals surface area contributed by atoms with E-state index < -0.39 is 5.41 Å². The van der Waals surface area contributed by atoms with Crippen molar-refractivity contribution < 1.29 is 9.53 Å². The van der Waals surface area contributed by atoms with Gasteiger partial charge in [-0.1, -0.05) is 81.0 Å². The van der Waals surface area contributed by atoms with Crippen molar-refractivity contribution >= 4 is 5.97 Å². The van der Waals surface area contributed by atoms with Gasteiger partial charge >= 0.3 is 5.97 Å². The lowest BCUT2D eigenvalue weighted by atomic mass is 9.97. The van der Waals surface area contributed by atoms with Gasteiger partial charge in [0.1, 0.15) is 0 Å². The summed E-state index contributed by atoms with van der Waals surface area (Å²) in [7, 11) is 0. The molecule has 0 N–H and O–H groups in total. The molecule has 164 valence electrons. The number of rotatable bonds is 15. The van der Waals surface area contributed by atoms with E-state index in [0.29, 0.717) is 12.5 Å². The van der Waals surface area contributed by atoms with Gasteiger partial charge in [0.05, 0.1) is 12.0 Å². The first-order chi connectivity index (χ1) is 13.9. The predicted molar refractivity (Wildman–Crippen MR) is 128 cm³/mol. The zero-order valence-corrected chi connectivity index (χ0v) is 19.5. The molecule has 0 spiro atoms. The Hall–Kier alpha value is -1.83. The van der Waals surface area contributed by atoms with Crippen LogP contribution in [0.5, 0.6) is 0 Å². The van der Waals surface area contributed by atoms with E-state index in [1.165, 1.54) is 0 Å². The molecule has 2 heteroatoms. The van der Waals surface area contributed by atoms with E-state index in [2.05, 4.69) is 74.6 Å².